The van der Waals surface area contributed by atoms with Crippen molar-refractivity contribution in [3.8, 4) is 11.4 Å². The van der Waals surface area contributed by atoms with Crippen molar-refractivity contribution in [1.29, 1.82) is 0 Å². The van der Waals surface area contributed by atoms with E-state index in [0.717, 1.165) is 31.4 Å². The molecule has 0 saturated carbocycles. The summed E-state index contributed by atoms with van der Waals surface area (Å²) in [5.74, 6) is 1.67. The fourth-order valence-electron chi connectivity index (χ4n) is 3.97. The monoisotopic (exact) mass is 384 g/mol. The number of guanidine groups is 1. The third kappa shape index (κ3) is 5.57. The van der Waals surface area contributed by atoms with Crippen LogP contribution in [0.5, 0.6) is 0 Å². The number of unbranched alkanes of at least 4 members (excludes halogenated alkanes) is 5. The summed E-state index contributed by atoms with van der Waals surface area (Å²) in [6.45, 7) is 3.15. The van der Waals surface area contributed by atoms with Gasteiger partial charge in [0.1, 0.15) is 0 Å². The first-order valence-electron chi connectivity index (χ1n) is 10.7. The van der Waals surface area contributed by atoms with Crippen LogP contribution >= 0.6 is 0 Å². The fraction of sp³-hybridized carbons (Fsp3) is 0.591. The Hall–Kier alpha value is -2.37. The van der Waals surface area contributed by atoms with Gasteiger partial charge in [-0.2, -0.15) is 4.98 Å². The minimum Gasteiger partial charge on any atom is -0.339 e. The van der Waals surface area contributed by atoms with Crippen molar-refractivity contribution in [1.82, 2.24) is 10.1 Å². The maximum atomic E-state index is 5.77. The number of aryl methyl sites for hydroxylation is 1. The van der Waals surface area contributed by atoms with Gasteiger partial charge in [0, 0.05) is 5.56 Å². The summed E-state index contributed by atoms with van der Waals surface area (Å²) < 4.78 is 7.50. The lowest BCUT2D eigenvalue weighted by atomic mass is 10.0. The predicted octanol–water partition coefficient (Wildman–Crippen LogP) is 3.63. The van der Waals surface area contributed by atoms with Crippen LogP contribution in [0.25, 0.3) is 11.4 Å². The normalized spacial score (nSPS) is 16.6. The van der Waals surface area contributed by atoms with Crippen LogP contribution in [0.4, 0.5) is 0 Å². The van der Waals surface area contributed by atoms with Gasteiger partial charge in [0.15, 0.2) is 0 Å². The molecule has 0 unspecified atom stereocenters. The molecule has 0 bridgehead atoms. The number of rotatable bonds is 10. The lowest BCUT2D eigenvalue weighted by Gasteiger charge is -2.09. The molecule has 1 aliphatic rings. The molecule has 1 saturated heterocycles. The second kappa shape index (κ2) is 10.2. The SMILES string of the molecule is CCCCCCCCc1ccc(-c2noc(C[C@@H]3CCC[N+]3=C(N)N)n2)cc1. The highest BCUT2D eigenvalue weighted by Crippen LogP contribution is 2.21. The van der Waals surface area contributed by atoms with Gasteiger partial charge in [-0.15, -0.1) is 0 Å². The Bertz CT molecular complexity index is 761. The number of hydrogen-bond acceptors (Lipinski definition) is 3. The summed E-state index contributed by atoms with van der Waals surface area (Å²) >= 11 is 0. The average Bonchev–Trinajstić information content (AvgIpc) is 3.35. The molecule has 0 spiro atoms. The Balaban J connectivity index is 1.51. The minimum absolute atomic E-state index is 0.248. The van der Waals surface area contributed by atoms with Crippen molar-refractivity contribution in [2.24, 2.45) is 11.5 Å². The highest BCUT2D eigenvalue weighted by Gasteiger charge is 2.27. The van der Waals surface area contributed by atoms with Gasteiger partial charge in [-0.25, -0.2) is 0 Å². The van der Waals surface area contributed by atoms with Crippen LogP contribution in [0.15, 0.2) is 28.8 Å². The molecular weight excluding hydrogens is 350 g/mol. The number of aromatic nitrogens is 2. The Morgan fingerprint density at radius 2 is 1.86 bits per heavy atom. The van der Waals surface area contributed by atoms with Crippen LogP contribution in [-0.2, 0) is 12.8 Å². The molecule has 0 amide bonds. The maximum absolute atomic E-state index is 5.77. The van der Waals surface area contributed by atoms with Crippen LogP contribution < -0.4 is 11.5 Å². The van der Waals surface area contributed by atoms with Gasteiger partial charge >= 0.3 is 5.96 Å². The van der Waals surface area contributed by atoms with E-state index in [2.05, 4.69) is 41.3 Å². The molecule has 6 nitrogen and oxygen atoms in total. The summed E-state index contributed by atoms with van der Waals surface area (Å²) in [5.41, 5.74) is 13.9. The van der Waals surface area contributed by atoms with Crippen LogP contribution in [-0.4, -0.2) is 33.3 Å². The molecule has 2 aromatic rings. The van der Waals surface area contributed by atoms with Gasteiger partial charge in [0.05, 0.1) is 19.0 Å². The van der Waals surface area contributed by atoms with Gasteiger partial charge in [0.2, 0.25) is 11.7 Å². The molecule has 28 heavy (non-hydrogen) atoms. The van der Waals surface area contributed by atoms with Crippen LogP contribution in [0, 0.1) is 0 Å². The highest BCUT2D eigenvalue weighted by molar-refractivity contribution is 5.70. The van der Waals surface area contributed by atoms with Crippen molar-refractivity contribution >= 4 is 5.96 Å². The molecule has 1 aromatic heterocycles. The smallest absolute Gasteiger partial charge is 0.339 e. The Labute approximate surface area is 168 Å². The van der Waals surface area contributed by atoms with E-state index in [4.69, 9.17) is 16.0 Å². The largest absolute Gasteiger partial charge is 0.341 e. The number of hydrogen-bond donors (Lipinski definition) is 2. The van der Waals surface area contributed by atoms with E-state index in [1.165, 1.54) is 44.1 Å². The van der Waals surface area contributed by atoms with Crippen molar-refractivity contribution in [3.63, 3.8) is 0 Å². The van der Waals surface area contributed by atoms with Crippen LogP contribution in [0.2, 0.25) is 0 Å². The molecule has 152 valence electrons. The van der Waals surface area contributed by atoms with E-state index in [-0.39, 0.29) is 6.04 Å². The molecule has 2 heterocycles. The molecule has 0 aliphatic carbocycles. The highest BCUT2D eigenvalue weighted by atomic mass is 16.5. The first-order valence-corrected chi connectivity index (χ1v) is 10.7. The van der Waals surface area contributed by atoms with Crippen molar-refractivity contribution in [3.05, 3.63) is 35.7 Å². The molecule has 1 aliphatic heterocycles. The topological polar surface area (TPSA) is 94.0 Å². The van der Waals surface area contributed by atoms with Gasteiger partial charge in [0.25, 0.3) is 0 Å². The minimum atomic E-state index is 0.248. The van der Waals surface area contributed by atoms with E-state index in [0.29, 0.717) is 24.1 Å². The van der Waals surface area contributed by atoms with Crippen LogP contribution in [0.1, 0.15) is 69.7 Å². The molecule has 6 heteroatoms. The van der Waals surface area contributed by atoms with Gasteiger partial charge in [-0.1, -0.05) is 68.4 Å². The van der Waals surface area contributed by atoms with Gasteiger partial charge in [-0.05, 0) is 31.2 Å². The average molecular weight is 385 g/mol. The van der Waals surface area contributed by atoms with E-state index in [1.807, 2.05) is 4.58 Å². The third-order valence-electron chi connectivity index (χ3n) is 5.62. The molecule has 1 atom stereocenters. The zero-order valence-corrected chi connectivity index (χ0v) is 17.1. The molecule has 0 radical (unpaired) electrons. The first-order chi connectivity index (χ1) is 13.7. The van der Waals surface area contributed by atoms with Gasteiger partial charge < -0.3 is 4.52 Å². The van der Waals surface area contributed by atoms with E-state index in [9.17, 15) is 0 Å². The standard InChI is InChI=1S/C22H33N5O/c1-2-3-4-5-6-7-9-17-11-13-18(14-12-17)21-25-20(28-26-21)16-19-10-8-15-27(19)22(23)24/h11-14,19H,2-10,15-16H2,1H3,(H3,23,24)/p+1/t19-/m0/s1. The fourth-order valence-corrected chi connectivity index (χ4v) is 3.97. The predicted molar refractivity (Wildman–Crippen MR) is 112 cm³/mol. The summed E-state index contributed by atoms with van der Waals surface area (Å²) in [6, 6.07) is 8.79. The first kappa shape index (κ1) is 20.4. The summed E-state index contributed by atoms with van der Waals surface area (Å²) in [7, 11) is 0. The maximum Gasteiger partial charge on any atom is 0.341 e. The Kier molecular flexibility index (Phi) is 7.46. The van der Waals surface area contributed by atoms with Crippen LogP contribution in [0.3, 0.4) is 0 Å². The Morgan fingerprint density at radius 3 is 2.61 bits per heavy atom. The zero-order chi connectivity index (χ0) is 19.8. The third-order valence-corrected chi connectivity index (χ3v) is 5.62. The molecule has 3 rings (SSSR count). The van der Waals surface area contributed by atoms with Crippen molar-refractivity contribution in [2.75, 3.05) is 6.54 Å². The van der Waals surface area contributed by atoms with Crippen molar-refractivity contribution in [2.45, 2.75) is 77.2 Å². The summed E-state index contributed by atoms with van der Waals surface area (Å²) in [4.78, 5) is 4.58. The number of benzene rings is 1. The second-order valence-corrected chi connectivity index (χ2v) is 7.84. The van der Waals surface area contributed by atoms with Gasteiger partial charge in [-0.3, -0.25) is 16.0 Å². The Morgan fingerprint density at radius 1 is 1.11 bits per heavy atom. The summed E-state index contributed by atoms with van der Waals surface area (Å²) in [6.07, 6.45) is 11.9. The molecule has 4 N–H and O–H groups in total. The zero-order valence-electron chi connectivity index (χ0n) is 17.1. The van der Waals surface area contributed by atoms with E-state index in [1.54, 1.807) is 0 Å². The lowest BCUT2D eigenvalue weighted by Crippen LogP contribution is -2.39. The number of nitrogens with zero attached hydrogens (tertiary/aromatic N) is 3. The lowest BCUT2D eigenvalue weighted by molar-refractivity contribution is -0.545. The molecular formula is C22H34N5O+. The summed E-state index contributed by atoms with van der Waals surface area (Å²) in [5, 5.41) is 4.16. The molecule has 1 fully saturated rings. The quantitative estimate of drug-likeness (QED) is 0.371. The van der Waals surface area contributed by atoms with E-state index < -0.39 is 0 Å². The second-order valence-electron chi connectivity index (χ2n) is 7.84. The molecule has 1 aromatic carbocycles. The van der Waals surface area contributed by atoms with E-state index >= 15 is 0 Å². The number of nitrogens with two attached hydrogens (primary N) is 2. The van der Waals surface area contributed by atoms with Crippen molar-refractivity contribution < 1.29 is 9.10 Å².